The molecule has 18 heavy (non-hydrogen) atoms. The van der Waals surface area contributed by atoms with Crippen LogP contribution in [0.15, 0.2) is 35.1 Å². The smallest absolute Gasteiger partial charge is 0.122 e. The zero-order valence-electron chi connectivity index (χ0n) is 10.2. The number of rotatable bonds is 5. The van der Waals surface area contributed by atoms with Crippen molar-refractivity contribution < 1.29 is 0 Å². The second kappa shape index (κ2) is 6.36. The number of imidazole rings is 1. The number of aromatic nitrogens is 2. The Morgan fingerprint density at radius 2 is 2.28 bits per heavy atom. The number of hydrogen-bond acceptors (Lipinski definition) is 2. The van der Waals surface area contributed by atoms with Crippen molar-refractivity contribution in [3.63, 3.8) is 0 Å². The molecule has 1 heterocycles. The fourth-order valence-corrected chi connectivity index (χ4v) is 2.45. The third-order valence-electron chi connectivity index (χ3n) is 2.69. The molecule has 3 nitrogen and oxygen atoms in total. The SMILES string of the molecule is CCNCc1nccn1Cc1ccc(Br)cc1Cl. The molecule has 0 radical (unpaired) electrons. The number of halogens is 2. The molecule has 1 N–H and O–H groups in total. The summed E-state index contributed by atoms with van der Waals surface area (Å²) in [6.45, 7) is 4.54. The maximum Gasteiger partial charge on any atom is 0.122 e. The van der Waals surface area contributed by atoms with Crippen molar-refractivity contribution in [1.29, 1.82) is 0 Å². The predicted molar refractivity (Wildman–Crippen MR) is 77.9 cm³/mol. The molecule has 0 aliphatic rings. The van der Waals surface area contributed by atoms with E-state index in [9.17, 15) is 0 Å². The first-order valence-corrected chi connectivity index (χ1v) is 7.02. The van der Waals surface area contributed by atoms with Gasteiger partial charge in [0.2, 0.25) is 0 Å². The molecule has 0 fully saturated rings. The van der Waals surface area contributed by atoms with Crippen LogP contribution in [0.3, 0.4) is 0 Å². The summed E-state index contributed by atoms with van der Waals surface area (Å²) in [6, 6.07) is 5.95. The van der Waals surface area contributed by atoms with Crippen LogP contribution in [0.5, 0.6) is 0 Å². The average molecular weight is 329 g/mol. The summed E-state index contributed by atoms with van der Waals surface area (Å²) in [5.41, 5.74) is 1.09. The van der Waals surface area contributed by atoms with Gasteiger partial charge in [0.1, 0.15) is 5.82 Å². The van der Waals surface area contributed by atoms with Crippen LogP contribution in [-0.2, 0) is 13.1 Å². The number of hydrogen-bond donors (Lipinski definition) is 1. The number of nitrogens with zero attached hydrogens (tertiary/aromatic N) is 2. The van der Waals surface area contributed by atoms with Crippen LogP contribution in [0.1, 0.15) is 18.3 Å². The molecule has 0 saturated heterocycles. The summed E-state index contributed by atoms with van der Waals surface area (Å²) in [6.07, 6.45) is 3.80. The Hall–Kier alpha value is -0.840. The molecule has 0 saturated carbocycles. The normalized spacial score (nSPS) is 10.8. The molecule has 0 aliphatic heterocycles. The van der Waals surface area contributed by atoms with Gasteiger partial charge in [-0.05, 0) is 24.2 Å². The van der Waals surface area contributed by atoms with Crippen LogP contribution >= 0.6 is 27.5 Å². The van der Waals surface area contributed by atoms with Gasteiger partial charge in [-0.25, -0.2) is 4.98 Å². The second-order valence-corrected chi connectivity index (χ2v) is 5.31. The van der Waals surface area contributed by atoms with Gasteiger partial charge in [0.25, 0.3) is 0 Å². The van der Waals surface area contributed by atoms with Gasteiger partial charge in [-0.3, -0.25) is 0 Å². The van der Waals surface area contributed by atoms with Crippen molar-refractivity contribution in [3.8, 4) is 0 Å². The molecule has 2 aromatic rings. The highest BCUT2D eigenvalue weighted by Crippen LogP contribution is 2.22. The second-order valence-electron chi connectivity index (χ2n) is 3.99. The van der Waals surface area contributed by atoms with E-state index in [1.165, 1.54) is 0 Å². The minimum Gasteiger partial charge on any atom is -0.329 e. The molecule has 0 atom stereocenters. The standard InChI is InChI=1S/C13H15BrClN3/c1-2-16-8-13-17-5-6-18(13)9-10-3-4-11(14)7-12(10)15/h3-7,16H,2,8-9H2,1H3. The summed E-state index contributed by atoms with van der Waals surface area (Å²) in [5.74, 6) is 1.02. The third-order valence-corrected chi connectivity index (χ3v) is 3.54. The average Bonchev–Trinajstić information content (AvgIpc) is 2.77. The largest absolute Gasteiger partial charge is 0.329 e. The maximum atomic E-state index is 6.22. The molecular formula is C13H15BrClN3. The minimum absolute atomic E-state index is 0.743. The Bertz CT molecular complexity index is 525. The third kappa shape index (κ3) is 3.34. The van der Waals surface area contributed by atoms with Crippen molar-refractivity contribution in [1.82, 2.24) is 14.9 Å². The molecular weight excluding hydrogens is 314 g/mol. The van der Waals surface area contributed by atoms with Crippen molar-refractivity contribution in [2.45, 2.75) is 20.0 Å². The van der Waals surface area contributed by atoms with Crippen molar-refractivity contribution in [3.05, 3.63) is 51.5 Å². The molecule has 0 unspecified atom stereocenters. The maximum absolute atomic E-state index is 6.22. The lowest BCUT2D eigenvalue weighted by molar-refractivity contribution is 0.639. The highest BCUT2D eigenvalue weighted by Gasteiger charge is 2.06. The van der Waals surface area contributed by atoms with E-state index in [4.69, 9.17) is 11.6 Å². The highest BCUT2D eigenvalue weighted by molar-refractivity contribution is 9.10. The van der Waals surface area contributed by atoms with Gasteiger partial charge in [0, 0.05) is 21.9 Å². The summed E-state index contributed by atoms with van der Waals surface area (Å²) in [5, 5.41) is 4.05. The van der Waals surface area contributed by atoms with E-state index >= 15 is 0 Å². The van der Waals surface area contributed by atoms with Gasteiger partial charge in [0.15, 0.2) is 0 Å². The van der Waals surface area contributed by atoms with E-state index in [1.54, 1.807) is 0 Å². The van der Waals surface area contributed by atoms with E-state index in [2.05, 4.69) is 37.7 Å². The van der Waals surface area contributed by atoms with Gasteiger partial charge in [-0.2, -0.15) is 0 Å². The number of benzene rings is 1. The Morgan fingerprint density at radius 3 is 3.00 bits per heavy atom. The summed E-state index contributed by atoms with van der Waals surface area (Å²) >= 11 is 9.63. The molecule has 96 valence electrons. The molecule has 0 aliphatic carbocycles. The minimum atomic E-state index is 0.743. The first-order chi connectivity index (χ1) is 8.70. The summed E-state index contributed by atoms with van der Waals surface area (Å²) in [7, 11) is 0. The lowest BCUT2D eigenvalue weighted by Crippen LogP contribution is -2.16. The molecule has 1 aromatic carbocycles. The van der Waals surface area contributed by atoms with Gasteiger partial charge in [-0.15, -0.1) is 0 Å². The van der Waals surface area contributed by atoms with Gasteiger partial charge in [0.05, 0.1) is 13.1 Å². The van der Waals surface area contributed by atoms with E-state index in [-0.39, 0.29) is 0 Å². The predicted octanol–water partition coefficient (Wildman–Crippen LogP) is 3.46. The van der Waals surface area contributed by atoms with Crippen LogP contribution in [0.2, 0.25) is 5.02 Å². The first-order valence-electron chi connectivity index (χ1n) is 5.85. The van der Waals surface area contributed by atoms with Gasteiger partial charge >= 0.3 is 0 Å². The number of nitrogens with one attached hydrogen (secondary N) is 1. The Balaban J connectivity index is 2.15. The van der Waals surface area contributed by atoms with Crippen LogP contribution < -0.4 is 5.32 Å². The van der Waals surface area contributed by atoms with E-state index < -0.39 is 0 Å². The molecule has 0 amide bonds. The van der Waals surface area contributed by atoms with Crippen LogP contribution in [0, 0.1) is 0 Å². The molecule has 5 heteroatoms. The molecule has 1 aromatic heterocycles. The van der Waals surface area contributed by atoms with Crippen LogP contribution in [-0.4, -0.2) is 16.1 Å². The Morgan fingerprint density at radius 1 is 1.44 bits per heavy atom. The topological polar surface area (TPSA) is 29.9 Å². The summed E-state index contributed by atoms with van der Waals surface area (Å²) in [4.78, 5) is 4.35. The zero-order valence-corrected chi connectivity index (χ0v) is 12.5. The zero-order chi connectivity index (χ0) is 13.0. The highest BCUT2D eigenvalue weighted by atomic mass is 79.9. The lowest BCUT2D eigenvalue weighted by atomic mass is 10.2. The van der Waals surface area contributed by atoms with Crippen LogP contribution in [0.25, 0.3) is 0 Å². The van der Waals surface area contributed by atoms with E-state index in [0.717, 1.165) is 40.5 Å². The molecule has 0 bridgehead atoms. The van der Waals surface area contributed by atoms with Gasteiger partial charge in [-0.1, -0.05) is 40.5 Å². The van der Waals surface area contributed by atoms with Crippen LogP contribution in [0.4, 0.5) is 0 Å². The van der Waals surface area contributed by atoms with Crippen molar-refractivity contribution in [2.24, 2.45) is 0 Å². The fraction of sp³-hybridized carbons (Fsp3) is 0.308. The Kier molecular flexibility index (Phi) is 4.80. The van der Waals surface area contributed by atoms with Gasteiger partial charge < -0.3 is 9.88 Å². The quantitative estimate of drug-likeness (QED) is 0.911. The van der Waals surface area contributed by atoms with Crippen molar-refractivity contribution in [2.75, 3.05) is 6.54 Å². The first kappa shape index (κ1) is 13.6. The lowest BCUT2D eigenvalue weighted by Gasteiger charge is -2.10. The Labute approximate surface area is 120 Å². The van der Waals surface area contributed by atoms with E-state index in [1.807, 2.05) is 30.6 Å². The summed E-state index contributed by atoms with van der Waals surface area (Å²) < 4.78 is 3.10. The van der Waals surface area contributed by atoms with Crippen molar-refractivity contribution >= 4 is 27.5 Å². The molecule has 0 spiro atoms. The monoisotopic (exact) mass is 327 g/mol. The van der Waals surface area contributed by atoms with E-state index in [0.29, 0.717) is 0 Å². The fourth-order valence-electron chi connectivity index (χ4n) is 1.72. The molecule has 2 rings (SSSR count).